The Morgan fingerprint density at radius 3 is 2.62 bits per heavy atom. The monoisotopic (exact) mass is 173 g/mol. The molecule has 1 unspecified atom stereocenters. The van der Waals surface area contributed by atoms with Crippen LogP contribution in [-0.4, -0.2) is 0 Å². The predicted molar refractivity (Wildman–Crippen MR) is 56.4 cm³/mol. The summed E-state index contributed by atoms with van der Waals surface area (Å²) in [4.78, 5) is 0. The molecular formula is C13H17+. The molecule has 13 heavy (non-hydrogen) atoms. The van der Waals surface area contributed by atoms with Gasteiger partial charge in [0.15, 0.2) is 0 Å². The van der Waals surface area contributed by atoms with Gasteiger partial charge in [-0.25, -0.2) is 0 Å². The van der Waals surface area contributed by atoms with Gasteiger partial charge in [0.25, 0.3) is 0 Å². The minimum absolute atomic E-state index is 0.802. The van der Waals surface area contributed by atoms with E-state index in [1.807, 2.05) is 0 Å². The molecule has 2 rings (SSSR count). The van der Waals surface area contributed by atoms with Gasteiger partial charge in [-0.05, 0) is 38.0 Å². The molecule has 0 nitrogen and oxygen atoms in total. The van der Waals surface area contributed by atoms with Crippen molar-refractivity contribution in [3.8, 4) is 0 Å². The van der Waals surface area contributed by atoms with Crippen LogP contribution >= 0.6 is 0 Å². The second kappa shape index (κ2) is 3.87. The highest BCUT2D eigenvalue weighted by molar-refractivity contribution is 5.32. The van der Waals surface area contributed by atoms with Gasteiger partial charge in [0, 0.05) is 30.4 Å². The maximum atomic E-state index is 2.36. The first-order valence-electron chi connectivity index (χ1n) is 5.29. The second-order valence-corrected chi connectivity index (χ2v) is 4.04. The van der Waals surface area contributed by atoms with Gasteiger partial charge in [-0.2, -0.15) is 0 Å². The van der Waals surface area contributed by atoms with Crippen LogP contribution in [0.15, 0.2) is 30.3 Å². The van der Waals surface area contributed by atoms with E-state index >= 15 is 0 Å². The molecule has 1 fully saturated rings. The lowest BCUT2D eigenvalue weighted by Crippen LogP contribution is -2.15. The number of rotatable bonds is 1. The van der Waals surface area contributed by atoms with Crippen LogP contribution in [0.1, 0.15) is 38.2 Å². The van der Waals surface area contributed by atoms with E-state index in [1.165, 1.54) is 31.2 Å². The molecule has 0 spiro atoms. The average molecular weight is 173 g/mol. The summed E-state index contributed by atoms with van der Waals surface area (Å²) >= 11 is 0. The normalized spacial score (nSPS) is 23.2. The molecule has 1 atom stereocenters. The molecule has 1 aromatic carbocycles. The molecule has 0 bridgehead atoms. The van der Waals surface area contributed by atoms with Gasteiger partial charge in [0.2, 0.25) is 0 Å². The molecule has 1 aromatic rings. The van der Waals surface area contributed by atoms with E-state index in [-0.39, 0.29) is 0 Å². The van der Waals surface area contributed by atoms with Crippen molar-refractivity contribution in [2.75, 3.05) is 0 Å². The van der Waals surface area contributed by atoms with Gasteiger partial charge < -0.3 is 0 Å². The molecule has 0 amide bonds. The SMILES string of the molecule is CC1CCCC[C+]1c1ccccc1. The Morgan fingerprint density at radius 1 is 1.15 bits per heavy atom. The number of hydrogen-bond acceptors (Lipinski definition) is 0. The molecular weight excluding hydrogens is 156 g/mol. The molecule has 68 valence electrons. The third-order valence-corrected chi connectivity index (χ3v) is 3.07. The highest BCUT2D eigenvalue weighted by atomic mass is 14.3. The summed E-state index contributed by atoms with van der Waals surface area (Å²) < 4.78 is 0. The Bertz CT molecular complexity index is 250. The molecule has 1 aliphatic carbocycles. The van der Waals surface area contributed by atoms with Crippen LogP contribution in [-0.2, 0) is 0 Å². The van der Waals surface area contributed by atoms with Gasteiger partial charge in [0.05, 0.1) is 0 Å². The van der Waals surface area contributed by atoms with Gasteiger partial charge >= 0.3 is 0 Å². The van der Waals surface area contributed by atoms with Crippen molar-refractivity contribution in [2.45, 2.75) is 32.6 Å². The Labute approximate surface area is 81.0 Å². The Kier molecular flexibility index (Phi) is 2.58. The third-order valence-electron chi connectivity index (χ3n) is 3.07. The topological polar surface area (TPSA) is 0 Å². The summed E-state index contributed by atoms with van der Waals surface area (Å²) in [6.45, 7) is 2.36. The van der Waals surface area contributed by atoms with Crippen LogP contribution in [0.4, 0.5) is 0 Å². The first-order chi connectivity index (χ1) is 6.38. The highest BCUT2D eigenvalue weighted by Crippen LogP contribution is 2.36. The number of benzene rings is 1. The molecule has 1 saturated carbocycles. The van der Waals surface area contributed by atoms with Crippen molar-refractivity contribution < 1.29 is 0 Å². The molecule has 0 aromatic heterocycles. The fraction of sp³-hybridized carbons (Fsp3) is 0.462. The van der Waals surface area contributed by atoms with E-state index in [4.69, 9.17) is 0 Å². The first-order valence-corrected chi connectivity index (χ1v) is 5.29. The van der Waals surface area contributed by atoms with Crippen LogP contribution in [0, 0.1) is 11.8 Å². The van der Waals surface area contributed by atoms with Gasteiger partial charge in [-0.1, -0.05) is 6.42 Å². The molecule has 0 aliphatic heterocycles. The molecule has 1 aliphatic rings. The quantitative estimate of drug-likeness (QED) is 0.566. The van der Waals surface area contributed by atoms with Crippen LogP contribution < -0.4 is 0 Å². The summed E-state index contributed by atoms with van der Waals surface area (Å²) in [6, 6.07) is 10.9. The van der Waals surface area contributed by atoms with E-state index in [0.29, 0.717) is 0 Å². The van der Waals surface area contributed by atoms with Crippen molar-refractivity contribution in [1.29, 1.82) is 0 Å². The summed E-state index contributed by atoms with van der Waals surface area (Å²) in [6.07, 6.45) is 5.49. The lowest BCUT2D eigenvalue weighted by atomic mass is 9.76. The Hall–Kier alpha value is -0.910. The Balaban J connectivity index is 2.15. The summed E-state index contributed by atoms with van der Waals surface area (Å²) in [7, 11) is 0. The van der Waals surface area contributed by atoms with Gasteiger partial charge in [-0.3, -0.25) is 0 Å². The van der Waals surface area contributed by atoms with Crippen molar-refractivity contribution in [2.24, 2.45) is 5.92 Å². The van der Waals surface area contributed by atoms with Crippen molar-refractivity contribution in [3.63, 3.8) is 0 Å². The molecule has 0 heterocycles. The van der Waals surface area contributed by atoms with Crippen LogP contribution in [0.3, 0.4) is 0 Å². The van der Waals surface area contributed by atoms with Crippen molar-refractivity contribution >= 4 is 0 Å². The minimum atomic E-state index is 0.802. The lowest BCUT2D eigenvalue weighted by Gasteiger charge is -2.23. The summed E-state index contributed by atoms with van der Waals surface area (Å²) in [5.41, 5.74) is 1.47. The fourth-order valence-corrected chi connectivity index (χ4v) is 2.27. The number of hydrogen-bond donors (Lipinski definition) is 0. The second-order valence-electron chi connectivity index (χ2n) is 4.04. The maximum absolute atomic E-state index is 2.36. The predicted octanol–water partition coefficient (Wildman–Crippen LogP) is 3.82. The average Bonchev–Trinajstić information content (AvgIpc) is 2.20. The van der Waals surface area contributed by atoms with E-state index in [9.17, 15) is 0 Å². The minimum Gasteiger partial charge on any atom is -0.0502 e. The standard InChI is InChI=1S/C13H17/c1-11-7-5-6-10-13(11)12-8-3-2-4-9-12/h2-4,8-9,11H,5-7,10H2,1H3/q+1. The fourth-order valence-electron chi connectivity index (χ4n) is 2.27. The van der Waals surface area contributed by atoms with Crippen LogP contribution in [0.5, 0.6) is 0 Å². The summed E-state index contributed by atoms with van der Waals surface area (Å²) in [5.74, 6) is 2.47. The molecule has 0 radical (unpaired) electrons. The zero-order valence-corrected chi connectivity index (χ0v) is 8.29. The maximum Gasteiger partial charge on any atom is 0.132 e. The van der Waals surface area contributed by atoms with Gasteiger partial charge in [0.1, 0.15) is 5.56 Å². The third kappa shape index (κ3) is 1.88. The lowest BCUT2D eigenvalue weighted by molar-refractivity contribution is 0.435. The molecule has 0 N–H and O–H groups in total. The highest BCUT2D eigenvalue weighted by Gasteiger charge is 2.28. The molecule has 0 heteroatoms. The zero-order chi connectivity index (χ0) is 9.10. The van der Waals surface area contributed by atoms with E-state index in [1.54, 1.807) is 5.92 Å². The largest absolute Gasteiger partial charge is 0.132 e. The zero-order valence-electron chi connectivity index (χ0n) is 8.29. The van der Waals surface area contributed by atoms with E-state index in [2.05, 4.69) is 37.3 Å². The van der Waals surface area contributed by atoms with Crippen LogP contribution in [0.2, 0.25) is 0 Å². The summed E-state index contributed by atoms with van der Waals surface area (Å²) in [5, 5.41) is 0. The van der Waals surface area contributed by atoms with E-state index < -0.39 is 0 Å². The first kappa shape index (κ1) is 8.68. The van der Waals surface area contributed by atoms with Crippen molar-refractivity contribution in [3.05, 3.63) is 41.8 Å². The Morgan fingerprint density at radius 2 is 1.92 bits per heavy atom. The molecule has 0 saturated heterocycles. The smallest absolute Gasteiger partial charge is 0.0502 e. The van der Waals surface area contributed by atoms with Crippen LogP contribution in [0.25, 0.3) is 0 Å². The van der Waals surface area contributed by atoms with Gasteiger partial charge in [-0.15, -0.1) is 0 Å². The van der Waals surface area contributed by atoms with E-state index in [0.717, 1.165) is 5.92 Å². The van der Waals surface area contributed by atoms with Crippen molar-refractivity contribution in [1.82, 2.24) is 0 Å².